The molecule has 0 saturated carbocycles. The largest absolute Gasteiger partial charge is 0.344 e. The van der Waals surface area contributed by atoms with Crippen LogP contribution >= 0.6 is 15.9 Å². The Morgan fingerprint density at radius 1 is 1.32 bits per heavy atom. The molecule has 2 aromatic rings. The van der Waals surface area contributed by atoms with Crippen molar-refractivity contribution in [2.24, 2.45) is 0 Å². The first kappa shape index (κ1) is 12.5. The van der Waals surface area contributed by atoms with E-state index in [0.29, 0.717) is 0 Å². The number of aryl methyl sites for hydroxylation is 1. The predicted molar refractivity (Wildman–Crippen MR) is 81.3 cm³/mol. The first-order valence-electron chi connectivity index (χ1n) is 6.46. The van der Waals surface area contributed by atoms with Crippen LogP contribution in [-0.4, -0.2) is 9.78 Å². The molecule has 3 nitrogen and oxygen atoms in total. The van der Waals surface area contributed by atoms with Crippen LogP contribution < -0.4 is 5.32 Å². The second kappa shape index (κ2) is 4.85. The minimum absolute atomic E-state index is 0.257. The van der Waals surface area contributed by atoms with Gasteiger partial charge in [-0.15, -0.1) is 0 Å². The first-order chi connectivity index (χ1) is 9.20. The van der Waals surface area contributed by atoms with Crippen LogP contribution in [0, 0.1) is 0 Å². The van der Waals surface area contributed by atoms with Crippen LogP contribution in [0.2, 0.25) is 0 Å². The van der Waals surface area contributed by atoms with Crippen LogP contribution in [0.1, 0.15) is 30.9 Å². The van der Waals surface area contributed by atoms with Gasteiger partial charge in [0.25, 0.3) is 0 Å². The van der Waals surface area contributed by atoms with Crippen molar-refractivity contribution in [1.82, 2.24) is 9.78 Å². The molecular weight excluding hydrogens is 302 g/mol. The van der Waals surface area contributed by atoms with Crippen LogP contribution in [0.5, 0.6) is 0 Å². The molecule has 0 bridgehead atoms. The maximum atomic E-state index is 4.46. The van der Waals surface area contributed by atoms with Crippen LogP contribution in [-0.2, 0) is 6.54 Å². The van der Waals surface area contributed by atoms with E-state index in [-0.39, 0.29) is 5.92 Å². The Morgan fingerprint density at radius 3 is 2.84 bits per heavy atom. The van der Waals surface area contributed by atoms with E-state index < -0.39 is 0 Å². The maximum Gasteiger partial charge on any atom is 0.132 e. The standard InChI is InChI=1S/C15H16BrN3/c1-3-19-15-13(9-17-19)12(8-10(2)18-15)11-6-4-5-7-14(11)16/h4-9,12,18H,3H2,1-2H3. The van der Waals surface area contributed by atoms with Crippen molar-refractivity contribution in [1.29, 1.82) is 0 Å². The quantitative estimate of drug-likeness (QED) is 0.902. The lowest BCUT2D eigenvalue weighted by atomic mass is 9.90. The van der Waals surface area contributed by atoms with Crippen molar-refractivity contribution in [3.8, 4) is 0 Å². The van der Waals surface area contributed by atoms with E-state index in [2.05, 4.69) is 64.5 Å². The normalized spacial score (nSPS) is 17.6. The molecule has 2 heterocycles. The Kier molecular flexibility index (Phi) is 3.19. The van der Waals surface area contributed by atoms with Crippen molar-refractivity contribution < 1.29 is 0 Å². The van der Waals surface area contributed by atoms with Gasteiger partial charge in [0.15, 0.2) is 0 Å². The highest BCUT2D eigenvalue weighted by Gasteiger charge is 2.25. The van der Waals surface area contributed by atoms with Crippen molar-refractivity contribution in [2.45, 2.75) is 26.3 Å². The fraction of sp³-hybridized carbons (Fsp3) is 0.267. The SMILES string of the molecule is CCn1ncc2c1NC(C)=CC2c1ccccc1Br. The second-order valence-corrected chi connectivity index (χ2v) is 5.59. The van der Waals surface area contributed by atoms with E-state index in [1.807, 2.05) is 16.9 Å². The monoisotopic (exact) mass is 317 g/mol. The van der Waals surface area contributed by atoms with Crippen molar-refractivity contribution in [3.05, 3.63) is 57.8 Å². The van der Waals surface area contributed by atoms with E-state index in [1.165, 1.54) is 16.8 Å². The second-order valence-electron chi connectivity index (χ2n) is 4.74. The van der Waals surface area contributed by atoms with Crippen LogP contribution in [0.15, 0.2) is 46.7 Å². The van der Waals surface area contributed by atoms with Crippen molar-refractivity contribution in [2.75, 3.05) is 5.32 Å². The lowest BCUT2D eigenvalue weighted by Gasteiger charge is -2.23. The summed E-state index contributed by atoms with van der Waals surface area (Å²) in [6.45, 7) is 5.08. The molecule has 0 saturated heterocycles. The fourth-order valence-corrected chi connectivity index (χ4v) is 3.09. The van der Waals surface area contributed by atoms with Crippen molar-refractivity contribution >= 4 is 21.7 Å². The highest BCUT2D eigenvalue weighted by atomic mass is 79.9. The molecule has 98 valence electrons. The lowest BCUT2D eigenvalue weighted by Crippen LogP contribution is -2.14. The minimum atomic E-state index is 0.257. The summed E-state index contributed by atoms with van der Waals surface area (Å²) in [5.41, 5.74) is 3.68. The molecule has 0 amide bonds. The summed E-state index contributed by atoms with van der Waals surface area (Å²) in [5, 5.41) is 7.89. The molecule has 1 unspecified atom stereocenters. The molecule has 1 aromatic heterocycles. The number of aromatic nitrogens is 2. The summed E-state index contributed by atoms with van der Waals surface area (Å²) in [7, 11) is 0. The number of nitrogens with one attached hydrogen (secondary N) is 1. The molecule has 1 N–H and O–H groups in total. The maximum absolute atomic E-state index is 4.46. The topological polar surface area (TPSA) is 29.9 Å². The number of anilines is 1. The van der Waals surface area contributed by atoms with Crippen LogP contribution in [0.4, 0.5) is 5.82 Å². The number of allylic oxidation sites excluding steroid dienone is 2. The Bertz CT molecular complexity index is 643. The molecule has 0 fully saturated rings. The van der Waals surface area contributed by atoms with E-state index in [1.54, 1.807) is 0 Å². The molecule has 1 aromatic carbocycles. The number of hydrogen-bond donors (Lipinski definition) is 1. The molecule has 0 radical (unpaired) electrons. The third-order valence-electron chi connectivity index (χ3n) is 3.47. The summed E-state index contributed by atoms with van der Waals surface area (Å²) in [5.74, 6) is 1.37. The minimum Gasteiger partial charge on any atom is -0.344 e. The summed E-state index contributed by atoms with van der Waals surface area (Å²) in [6.07, 6.45) is 4.23. The fourth-order valence-electron chi connectivity index (χ4n) is 2.56. The highest BCUT2D eigenvalue weighted by molar-refractivity contribution is 9.10. The number of benzene rings is 1. The smallest absolute Gasteiger partial charge is 0.132 e. The Labute approximate surface area is 121 Å². The lowest BCUT2D eigenvalue weighted by molar-refractivity contribution is 0.665. The van der Waals surface area contributed by atoms with Gasteiger partial charge in [-0.1, -0.05) is 40.2 Å². The van der Waals surface area contributed by atoms with E-state index in [0.717, 1.165) is 16.8 Å². The molecule has 19 heavy (non-hydrogen) atoms. The number of nitrogens with zero attached hydrogens (tertiary/aromatic N) is 2. The van der Waals surface area contributed by atoms with Crippen LogP contribution in [0.25, 0.3) is 0 Å². The van der Waals surface area contributed by atoms with Gasteiger partial charge < -0.3 is 5.32 Å². The van der Waals surface area contributed by atoms with E-state index >= 15 is 0 Å². The summed E-state index contributed by atoms with van der Waals surface area (Å²) in [4.78, 5) is 0. The van der Waals surface area contributed by atoms with Crippen LogP contribution in [0.3, 0.4) is 0 Å². The van der Waals surface area contributed by atoms with Gasteiger partial charge in [-0.2, -0.15) is 5.10 Å². The number of halogens is 1. The molecule has 1 atom stereocenters. The number of hydrogen-bond acceptors (Lipinski definition) is 2. The molecule has 0 aliphatic carbocycles. The van der Waals surface area contributed by atoms with Gasteiger partial charge in [-0.05, 0) is 25.5 Å². The van der Waals surface area contributed by atoms with Gasteiger partial charge in [0.1, 0.15) is 5.82 Å². The van der Waals surface area contributed by atoms with E-state index in [4.69, 9.17) is 0 Å². The summed E-state index contributed by atoms with van der Waals surface area (Å²) < 4.78 is 3.15. The molecule has 1 aliphatic heterocycles. The highest BCUT2D eigenvalue weighted by Crippen LogP contribution is 2.39. The molecule has 4 heteroatoms. The summed E-state index contributed by atoms with van der Waals surface area (Å²) >= 11 is 3.65. The van der Waals surface area contributed by atoms with Gasteiger partial charge in [0.2, 0.25) is 0 Å². The number of rotatable bonds is 2. The van der Waals surface area contributed by atoms with E-state index in [9.17, 15) is 0 Å². The Balaban J connectivity index is 2.14. The zero-order valence-corrected chi connectivity index (χ0v) is 12.6. The van der Waals surface area contributed by atoms with Gasteiger partial charge >= 0.3 is 0 Å². The third-order valence-corrected chi connectivity index (χ3v) is 4.20. The third kappa shape index (κ3) is 2.10. The molecule has 1 aliphatic rings. The Hall–Kier alpha value is -1.55. The predicted octanol–water partition coefficient (Wildman–Crippen LogP) is 4.13. The van der Waals surface area contributed by atoms with Gasteiger partial charge in [0, 0.05) is 28.2 Å². The average molecular weight is 318 g/mol. The first-order valence-corrected chi connectivity index (χ1v) is 7.25. The number of fused-ring (bicyclic) bond motifs is 1. The average Bonchev–Trinajstić information content (AvgIpc) is 2.81. The zero-order chi connectivity index (χ0) is 13.4. The molecular formula is C15H16BrN3. The van der Waals surface area contributed by atoms with Gasteiger partial charge in [0.05, 0.1) is 6.20 Å². The molecule has 3 rings (SSSR count). The molecule has 0 spiro atoms. The van der Waals surface area contributed by atoms with Gasteiger partial charge in [-0.3, -0.25) is 0 Å². The Morgan fingerprint density at radius 2 is 2.11 bits per heavy atom. The zero-order valence-electron chi connectivity index (χ0n) is 11.0. The summed E-state index contributed by atoms with van der Waals surface area (Å²) in [6, 6.07) is 8.37. The van der Waals surface area contributed by atoms with Gasteiger partial charge in [-0.25, -0.2) is 4.68 Å². The van der Waals surface area contributed by atoms with Crippen molar-refractivity contribution in [3.63, 3.8) is 0 Å².